The smallest absolute Gasteiger partial charge is 0.308 e. The molecule has 0 radical (unpaired) electrons. The standard InChI is InChI=1S/C14H14N2O2.ClH/c17-14(18)11-6-7-13-15-12(9-16(13)8-11)10-4-2-1-3-5-10;/h1-5,9,11H,6-8H2,(H,17,18);1H. The number of carboxylic acid groups (broad SMARTS) is 1. The summed E-state index contributed by atoms with van der Waals surface area (Å²) in [5, 5.41) is 9.05. The molecule has 1 aromatic carbocycles. The van der Waals surface area contributed by atoms with Crippen LogP contribution in [0.2, 0.25) is 0 Å². The zero-order chi connectivity index (χ0) is 12.5. The number of hydrogen-bond donors (Lipinski definition) is 1. The number of aryl methyl sites for hydroxylation is 1. The Morgan fingerprint density at radius 2 is 2.05 bits per heavy atom. The van der Waals surface area contributed by atoms with Crippen LogP contribution in [0.5, 0.6) is 0 Å². The maximum atomic E-state index is 11.0. The van der Waals surface area contributed by atoms with Gasteiger partial charge in [-0.25, -0.2) is 4.98 Å². The summed E-state index contributed by atoms with van der Waals surface area (Å²) in [5.74, 6) is -0.00251. The van der Waals surface area contributed by atoms with E-state index in [0.717, 1.165) is 23.5 Å². The second-order valence-corrected chi connectivity index (χ2v) is 4.63. The Balaban J connectivity index is 0.00000133. The number of hydrogen-bond acceptors (Lipinski definition) is 2. The van der Waals surface area contributed by atoms with Crippen LogP contribution in [0.25, 0.3) is 11.3 Å². The van der Waals surface area contributed by atoms with E-state index in [0.29, 0.717) is 13.0 Å². The van der Waals surface area contributed by atoms with Gasteiger partial charge >= 0.3 is 5.97 Å². The SMILES string of the molecule is Cl.O=C(O)C1CCc2nc(-c3ccccc3)cn2C1. The summed E-state index contributed by atoms with van der Waals surface area (Å²) < 4.78 is 1.98. The van der Waals surface area contributed by atoms with E-state index in [1.165, 1.54) is 0 Å². The molecule has 3 rings (SSSR count). The molecule has 1 atom stereocenters. The lowest BCUT2D eigenvalue weighted by molar-refractivity contribution is -0.142. The van der Waals surface area contributed by atoms with Gasteiger partial charge in [0.05, 0.1) is 11.6 Å². The lowest BCUT2D eigenvalue weighted by Gasteiger charge is -2.19. The third-order valence-electron chi connectivity index (χ3n) is 3.41. The van der Waals surface area contributed by atoms with Crippen molar-refractivity contribution < 1.29 is 9.90 Å². The Morgan fingerprint density at radius 1 is 1.32 bits per heavy atom. The van der Waals surface area contributed by atoms with Gasteiger partial charge in [0.2, 0.25) is 0 Å². The molecule has 1 aromatic heterocycles. The minimum atomic E-state index is -0.712. The molecule has 0 amide bonds. The summed E-state index contributed by atoms with van der Waals surface area (Å²) in [6, 6.07) is 9.97. The molecule has 1 aliphatic rings. The highest BCUT2D eigenvalue weighted by Gasteiger charge is 2.25. The van der Waals surface area contributed by atoms with E-state index in [2.05, 4.69) is 4.98 Å². The predicted octanol–water partition coefficient (Wildman–Crippen LogP) is 2.62. The van der Waals surface area contributed by atoms with E-state index in [-0.39, 0.29) is 18.3 Å². The van der Waals surface area contributed by atoms with Gasteiger partial charge in [-0.1, -0.05) is 30.3 Å². The second-order valence-electron chi connectivity index (χ2n) is 4.63. The molecule has 19 heavy (non-hydrogen) atoms. The van der Waals surface area contributed by atoms with Crippen molar-refractivity contribution in [3.63, 3.8) is 0 Å². The highest BCUT2D eigenvalue weighted by atomic mass is 35.5. The first-order chi connectivity index (χ1) is 8.74. The summed E-state index contributed by atoms with van der Waals surface area (Å²) in [7, 11) is 0. The molecule has 4 nitrogen and oxygen atoms in total. The summed E-state index contributed by atoms with van der Waals surface area (Å²) >= 11 is 0. The van der Waals surface area contributed by atoms with E-state index >= 15 is 0 Å². The maximum absolute atomic E-state index is 11.0. The fourth-order valence-electron chi connectivity index (χ4n) is 2.39. The molecular weight excluding hydrogens is 264 g/mol. The summed E-state index contributed by atoms with van der Waals surface area (Å²) in [4.78, 5) is 15.6. The lowest BCUT2D eigenvalue weighted by Crippen LogP contribution is -2.26. The van der Waals surface area contributed by atoms with Crippen molar-refractivity contribution in [1.82, 2.24) is 9.55 Å². The van der Waals surface area contributed by atoms with Crippen molar-refractivity contribution in [3.8, 4) is 11.3 Å². The molecule has 1 unspecified atom stereocenters. The molecule has 1 N–H and O–H groups in total. The van der Waals surface area contributed by atoms with Crippen LogP contribution >= 0.6 is 12.4 Å². The Morgan fingerprint density at radius 3 is 2.74 bits per heavy atom. The van der Waals surface area contributed by atoms with E-state index in [4.69, 9.17) is 5.11 Å². The number of halogens is 1. The Kier molecular flexibility index (Phi) is 3.90. The van der Waals surface area contributed by atoms with Crippen LogP contribution in [0, 0.1) is 5.92 Å². The first kappa shape index (κ1) is 13.6. The van der Waals surface area contributed by atoms with Gasteiger partial charge in [-0.3, -0.25) is 4.79 Å². The average Bonchev–Trinajstić information content (AvgIpc) is 2.82. The first-order valence-corrected chi connectivity index (χ1v) is 6.08. The van der Waals surface area contributed by atoms with Gasteiger partial charge in [-0.15, -0.1) is 12.4 Å². The molecule has 0 fully saturated rings. The molecule has 0 saturated carbocycles. The number of fused-ring (bicyclic) bond motifs is 1. The van der Waals surface area contributed by atoms with Crippen LogP contribution in [0.4, 0.5) is 0 Å². The number of nitrogens with zero attached hydrogens (tertiary/aromatic N) is 2. The lowest BCUT2D eigenvalue weighted by atomic mass is 10.00. The molecule has 1 aliphatic heterocycles. The zero-order valence-electron chi connectivity index (χ0n) is 10.3. The Bertz CT molecular complexity index is 580. The Hall–Kier alpha value is -1.81. The van der Waals surface area contributed by atoms with Gasteiger partial charge in [-0.2, -0.15) is 0 Å². The molecular formula is C14H15ClN2O2. The predicted molar refractivity (Wildman–Crippen MR) is 74.4 cm³/mol. The number of imidazole rings is 1. The van der Waals surface area contributed by atoms with Gasteiger partial charge in [0.15, 0.2) is 0 Å². The molecule has 0 spiro atoms. The van der Waals surface area contributed by atoms with Crippen molar-refractivity contribution in [1.29, 1.82) is 0 Å². The highest BCUT2D eigenvalue weighted by Crippen LogP contribution is 2.24. The molecule has 0 bridgehead atoms. The van der Waals surface area contributed by atoms with Crippen LogP contribution in [0.15, 0.2) is 36.5 Å². The molecule has 0 aliphatic carbocycles. The third-order valence-corrected chi connectivity index (χ3v) is 3.41. The monoisotopic (exact) mass is 278 g/mol. The minimum absolute atomic E-state index is 0. The fourth-order valence-corrected chi connectivity index (χ4v) is 2.39. The van der Waals surface area contributed by atoms with Crippen molar-refractivity contribution in [3.05, 3.63) is 42.4 Å². The largest absolute Gasteiger partial charge is 0.481 e. The molecule has 5 heteroatoms. The summed E-state index contributed by atoms with van der Waals surface area (Å²) in [5.41, 5.74) is 2.00. The second kappa shape index (κ2) is 5.45. The van der Waals surface area contributed by atoms with Crippen molar-refractivity contribution in [2.75, 3.05) is 0 Å². The van der Waals surface area contributed by atoms with E-state index in [1.807, 2.05) is 41.1 Å². The number of aliphatic carboxylic acids is 1. The number of rotatable bonds is 2. The van der Waals surface area contributed by atoms with Crippen LogP contribution < -0.4 is 0 Å². The number of aromatic nitrogens is 2. The van der Waals surface area contributed by atoms with Gasteiger partial charge in [0, 0.05) is 24.7 Å². The van der Waals surface area contributed by atoms with Crippen LogP contribution in [0.1, 0.15) is 12.2 Å². The molecule has 2 heterocycles. The summed E-state index contributed by atoms with van der Waals surface area (Å²) in [6.07, 6.45) is 3.38. The van der Waals surface area contributed by atoms with Gasteiger partial charge in [-0.05, 0) is 6.42 Å². The molecule has 0 saturated heterocycles. The number of carboxylic acids is 1. The minimum Gasteiger partial charge on any atom is -0.481 e. The van der Waals surface area contributed by atoms with E-state index in [9.17, 15) is 4.79 Å². The van der Waals surface area contributed by atoms with Crippen molar-refractivity contribution >= 4 is 18.4 Å². The van der Waals surface area contributed by atoms with Crippen LogP contribution in [-0.2, 0) is 17.8 Å². The number of carbonyl (C=O) groups is 1. The average molecular weight is 279 g/mol. The topological polar surface area (TPSA) is 55.1 Å². The zero-order valence-corrected chi connectivity index (χ0v) is 11.1. The molecule has 2 aromatic rings. The van der Waals surface area contributed by atoms with Crippen LogP contribution in [0.3, 0.4) is 0 Å². The normalized spacial score (nSPS) is 17.4. The van der Waals surface area contributed by atoms with E-state index in [1.54, 1.807) is 0 Å². The van der Waals surface area contributed by atoms with Crippen molar-refractivity contribution in [2.24, 2.45) is 5.92 Å². The summed E-state index contributed by atoms with van der Waals surface area (Å²) in [6.45, 7) is 0.532. The maximum Gasteiger partial charge on any atom is 0.308 e. The highest BCUT2D eigenvalue weighted by molar-refractivity contribution is 5.85. The number of benzene rings is 1. The first-order valence-electron chi connectivity index (χ1n) is 6.08. The van der Waals surface area contributed by atoms with E-state index < -0.39 is 5.97 Å². The Labute approximate surface area is 117 Å². The van der Waals surface area contributed by atoms with Crippen molar-refractivity contribution in [2.45, 2.75) is 19.4 Å². The molecule has 100 valence electrons. The van der Waals surface area contributed by atoms with Gasteiger partial charge < -0.3 is 9.67 Å². The van der Waals surface area contributed by atoms with Crippen LogP contribution in [-0.4, -0.2) is 20.6 Å². The quantitative estimate of drug-likeness (QED) is 0.919. The third kappa shape index (κ3) is 2.63. The fraction of sp³-hybridized carbons (Fsp3) is 0.286. The van der Waals surface area contributed by atoms with Gasteiger partial charge in [0.25, 0.3) is 0 Å². The van der Waals surface area contributed by atoms with Gasteiger partial charge in [0.1, 0.15) is 5.82 Å².